The number of unbranched alkanes of at least 4 members (excludes halogenated alkanes) is 18. The zero-order valence-corrected chi connectivity index (χ0v) is 28.4. The minimum Gasteiger partial charge on any atom is -0.756 e. The van der Waals surface area contributed by atoms with Crippen molar-refractivity contribution in [2.75, 3.05) is 40.9 Å². The van der Waals surface area contributed by atoms with Gasteiger partial charge in [-0.3, -0.25) is 9.36 Å². The lowest BCUT2D eigenvalue weighted by molar-refractivity contribution is -0.870. The maximum Gasteiger partial charge on any atom is 0.268 e. The molecule has 0 radical (unpaired) electrons. The lowest BCUT2D eigenvalue weighted by Gasteiger charge is -2.30. The van der Waals surface area contributed by atoms with E-state index in [2.05, 4.69) is 12.2 Å². The normalized spacial score (nSPS) is 15.0. The summed E-state index contributed by atoms with van der Waals surface area (Å²) in [5.41, 5.74) is 0. The Labute approximate surface area is 253 Å². The van der Waals surface area contributed by atoms with Crippen LogP contribution in [0.15, 0.2) is 0 Å². The molecule has 0 aliphatic rings. The topological polar surface area (TPSA) is 108 Å². The van der Waals surface area contributed by atoms with Crippen molar-refractivity contribution in [3.8, 4) is 0 Å². The number of rotatable bonds is 30. The molecule has 0 aromatic carbocycles. The monoisotopic (exact) mass is 606 g/mol. The summed E-state index contributed by atoms with van der Waals surface area (Å²) in [6, 6.07) is -0.790. The fourth-order valence-corrected chi connectivity index (χ4v) is 5.55. The molecule has 0 fully saturated rings. The Morgan fingerprint density at radius 3 is 1.56 bits per heavy atom. The standard InChI is InChI=1S/C32H67N2O6P/c1-6-8-9-10-11-12-13-14-15-16-17-18-19-20-21-22-23-24-25-26-31(35)30(33-32(36)7-2)29-40-41(37,38)39-28-27-34(3,4)5/h30-31,35H,6-29H2,1-5H3,(H-,33,36,37,38). The van der Waals surface area contributed by atoms with Crippen LogP contribution in [0.4, 0.5) is 0 Å². The predicted molar refractivity (Wildman–Crippen MR) is 169 cm³/mol. The molecule has 1 amide bonds. The highest BCUT2D eigenvalue weighted by atomic mass is 31.2. The van der Waals surface area contributed by atoms with Crippen molar-refractivity contribution >= 4 is 13.7 Å². The van der Waals surface area contributed by atoms with Crippen molar-refractivity contribution in [2.45, 2.75) is 161 Å². The Morgan fingerprint density at radius 2 is 1.17 bits per heavy atom. The molecular formula is C32H67N2O6P. The molecule has 2 N–H and O–H groups in total. The van der Waals surface area contributed by atoms with Crippen molar-refractivity contribution in [3.63, 3.8) is 0 Å². The van der Waals surface area contributed by atoms with Gasteiger partial charge < -0.3 is 28.8 Å². The quantitative estimate of drug-likeness (QED) is 0.0506. The van der Waals surface area contributed by atoms with E-state index in [9.17, 15) is 19.4 Å². The number of hydrogen-bond acceptors (Lipinski definition) is 6. The van der Waals surface area contributed by atoms with E-state index < -0.39 is 20.0 Å². The van der Waals surface area contributed by atoms with Gasteiger partial charge in [0.05, 0.1) is 39.9 Å². The largest absolute Gasteiger partial charge is 0.756 e. The van der Waals surface area contributed by atoms with Crippen LogP contribution in [0.25, 0.3) is 0 Å². The number of quaternary nitrogens is 1. The molecular weight excluding hydrogens is 539 g/mol. The summed E-state index contributed by atoms with van der Waals surface area (Å²) >= 11 is 0. The molecule has 0 spiro atoms. The van der Waals surface area contributed by atoms with Crippen LogP contribution in [0.1, 0.15) is 149 Å². The Kier molecular flexibility index (Phi) is 25.6. The number of hydrogen-bond donors (Lipinski definition) is 2. The van der Waals surface area contributed by atoms with Gasteiger partial charge in [0.15, 0.2) is 0 Å². The molecule has 9 heteroatoms. The van der Waals surface area contributed by atoms with Crippen molar-refractivity contribution in [1.29, 1.82) is 0 Å². The Morgan fingerprint density at radius 1 is 0.756 bits per heavy atom. The molecule has 0 aliphatic carbocycles. The number of nitrogens with zero attached hydrogens (tertiary/aromatic N) is 1. The van der Waals surface area contributed by atoms with E-state index in [-0.39, 0.29) is 25.5 Å². The summed E-state index contributed by atoms with van der Waals surface area (Å²) in [5.74, 6) is -0.252. The number of carbonyl (C=O) groups excluding carboxylic acids is 1. The van der Waals surface area contributed by atoms with Crippen LogP contribution >= 0.6 is 7.82 Å². The van der Waals surface area contributed by atoms with Crippen LogP contribution in [0.5, 0.6) is 0 Å². The first-order valence-corrected chi connectivity index (χ1v) is 18.3. The van der Waals surface area contributed by atoms with Gasteiger partial charge in [0.2, 0.25) is 5.91 Å². The summed E-state index contributed by atoms with van der Waals surface area (Å²) in [7, 11) is 1.30. The average Bonchev–Trinajstić information content (AvgIpc) is 2.91. The highest BCUT2D eigenvalue weighted by molar-refractivity contribution is 7.45. The van der Waals surface area contributed by atoms with Gasteiger partial charge in [0.25, 0.3) is 7.82 Å². The zero-order chi connectivity index (χ0) is 30.8. The lowest BCUT2D eigenvalue weighted by Crippen LogP contribution is -2.46. The van der Waals surface area contributed by atoms with Gasteiger partial charge >= 0.3 is 0 Å². The number of nitrogens with one attached hydrogen (secondary N) is 1. The highest BCUT2D eigenvalue weighted by Gasteiger charge is 2.24. The number of aliphatic hydroxyl groups is 1. The van der Waals surface area contributed by atoms with E-state index in [1.54, 1.807) is 6.92 Å². The molecule has 3 atom stereocenters. The molecule has 8 nitrogen and oxygen atoms in total. The Hall–Kier alpha value is -0.500. The second-order valence-corrected chi connectivity index (χ2v) is 14.2. The SMILES string of the molecule is CCCCCCCCCCCCCCCCCCCCCC(O)C(COP(=O)([O-])OCC[N+](C)(C)C)NC(=O)CC. The number of amides is 1. The lowest BCUT2D eigenvalue weighted by atomic mass is 10.0. The molecule has 0 heterocycles. The molecule has 0 aromatic heterocycles. The summed E-state index contributed by atoms with van der Waals surface area (Å²) in [4.78, 5) is 24.0. The van der Waals surface area contributed by atoms with Crippen LogP contribution in [0.3, 0.4) is 0 Å². The minimum atomic E-state index is -4.51. The van der Waals surface area contributed by atoms with Gasteiger partial charge in [-0.1, -0.05) is 136 Å². The van der Waals surface area contributed by atoms with Crippen LogP contribution in [-0.2, 0) is 18.4 Å². The molecule has 0 saturated carbocycles. The fraction of sp³-hybridized carbons (Fsp3) is 0.969. The molecule has 246 valence electrons. The molecule has 0 aromatic rings. The van der Waals surface area contributed by atoms with Crippen LogP contribution in [0.2, 0.25) is 0 Å². The molecule has 3 unspecified atom stereocenters. The number of phosphoric acid groups is 1. The van der Waals surface area contributed by atoms with E-state index in [0.29, 0.717) is 17.4 Å². The first-order valence-electron chi connectivity index (χ1n) is 16.9. The second kappa shape index (κ2) is 25.9. The molecule has 41 heavy (non-hydrogen) atoms. The van der Waals surface area contributed by atoms with E-state index >= 15 is 0 Å². The van der Waals surface area contributed by atoms with Crippen molar-refractivity contribution < 1.29 is 32.9 Å². The van der Waals surface area contributed by atoms with E-state index in [1.165, 1.54) is 103 Å². The molecule has 0 saturated heterocycles. The van der Waals surface area contributed by atoms with Gasteiger partial charge in [0.1, 0.15) is 13.2 Å². The van der Waals surface area contributed by atoms with Gasteiger partial charge in [-0.05, 0) is 6.42 Å². The van der Waals surface area contributed by atoms with Gasteiger partial charge in [-0.15, -0.1) is 0 Å². The maximum atomic E-state index is 12.1. The molecule has 0 bridgehead atoms. The number of aliphatic hydroxyl groups excluding tert-OH is 1. The number of phosphoric ester groups is 1. The number of carbonyl (C=O) groups is 1. The molecule has 0 aliphatic heterocycles. The van der Waals surface area contributed by atoms with E-state index in [4.69, 9.17) is 9.05 Å². The van der Waals surface area contributed by atoms with Crippen molar-refractivity contribution in [3.05, 3.63) is 0 Å². The average molecular weight is 607 g/mol. The summed E-state index contributed by atoms with van der Waals surface area (Å²) in [6.07, 6.45) is 24.7. The Bertz CT molecular complexity index is 659. The summed E-state index contributed by atoms with van der Waals surface area (Å²) < 4.78 is 22.6. The van der Waals surface area contributed by atoms with Gasteiger partial charge in [0, 0.05) is 6.42 Å². The summed E-state index contributed by atoms with van der Waals surface area (Å²) in [6.45, 7) is 4.17. The second-order valence-electron chi connectivity index (χ2n) is 12.8. The van der Waals surface area contributed by atoms with Crippen LogP contribution < -0.4 is 10.2 Å². The highest BCUT2D eigenvalue weighted by Crippen LogP contribution is 2.38. The van der Waals surface area contributed by atoms with Crippen LogP contribution in [0, 0.1) is 0 Å². The third-order valence-corrected chi connectivity index (χ3v) is 8.62. The number of likely N-dealkylation sites (N-methyl/N-ethyl adjacent to an activating group) is 1. The first kappa shape index (κ1) is 40.5. The third kappa shape index (κ3) is 28.1. The van der Waals surface area contributed by atoms with E-state index in [1.807, 2.05) is 21.1 Å². The maximum absolute atomic E-state index is 12.1. The molecule has 0 rings (SSSR count). The van der Waals surface area contributed by atoms with Crippen LogP contribution in [-0.4, -0.2) is 68.5 Å². The first-order chi connectivity index (χ1) is 19.5. The summed E-state index contributed by atoms with van der Waals surface area (Å²) in [5, 5.41) is 13.3. The predicted octanol–water partition coefficient (Wildman–Crippen LogP) is 7.27. The minimum absolute atomic E-state index is 0.0121. The Balaban J connectivity index is 3.89. The van der Waals surface area contributed by atoms with E-state index in [0.717, 1.165) is 19.3 Å². The zero-order valence-electron chi connectivity index (χ0n) is 27.5. The fourth-order valence-electron chi connectivity index (χ4n) is 4.83. The van der Waals surface area contributed by atoms with Crippen molar-refractivity contribution in [2.24, 2.45) is 0 Å². The smallest absolute Gasteiger partial charge is 0.268 e. The van der Waals surface area contributed by atoms with Crippen molar-refractivity contribution in [1.82, 2.24) is 5.32 Å². The van der Waals surface area contributed by atoms with Gasteiger partial charge in [-0.2, -0.15) is 0 Å². The van der Waals surface area contributed by atoms with Gasteiger partial charge in [-0.25, -0.2) is 0 Å². The third-order valence-electron chi connectivity index (χ3n) is 7.66.